The predicted molar refractivity (Wildman–Crippen MR) is 106 cm³/mol. The second-order valence-electron chi connectivity index (χ2n) is 7.09. The maximum absolute atomic E-state index is 12.2. The first-order chi connectivity index (χ1) is 14.1. The number of hydrogen-bond acceptors (Lipinski definition) is 5. The number of benzene rings is 1. The standard InChI is InChI=1S/C22H26N2O5/c25-20(23-12-4-8-17-6-2-1-3-7-17)16-29-22(27)18-10-13-24(14-11-18)21(26)19-9-5-15-28-19/h1-3,5-7,9,15,18H,4,8,10-14,16H2,(H,23,25). The van der Waals surface area contributed by atoms with E-state index in [4.69, 9.17) is 9.15 Å². The van der Waals surface area contributed by atoms with Crippen LogP contribution in [0.25, 0.3) is 0 Å². The Balaban J connectivity index is 1.29. The van der Waals surface area contributed by atoms with Crippen LogP contribution in [-0.2, 0) is 20.7 Å². The third-order valence-electron chi connectivity index (χ3n) is 5.00. The van der Waals surface area contributed by atoms with E-state index in [0.29, 0.717) is 38.2 Å². The summed E-state index contributed by atoms with van der Waals surface area (Å²) in [6, 6.07) is 13.4. The molecule has 7 nitrogen and oxygen atoms in total. The van der Waals surface area contributed by atoms with Gasteiger partial charge in [0.15, 0.2) is 12.4 Å². The lowest BCUT2D eigenvalue weighted by atomic mass is 9.97. The minimum atomic E-state index is -0.380. The van der Waals surface area contributed by atoms with Gasteiger partial charge in [0, 0.05) is 19.6 Å². The quantitative estimate of drug-likeness (QED) is 0.545. The second kappa shape index (κ2) is 10.5. The van der Waals surface area contributed by atoms with Crippen LogP contribution >= 0.6 is 0 Å². The summed E-state index contributed by atoms with van der Waals surface area (Å²) in [7, 11) is 0. The SMILES string of the molecule is O=C(COC(=O)C1CCN(C(=O)c2ccco2)CC1)NCCCc1ccccc1. The Morgan fingerprint density at radius 3 is 2.52 bits per heavy atom. The van der Waals surface area contributed by atoms with Crippen LogP contribution in [0.4, 0.5) is 0 Å². The molecule has 2 aromatic rings. The van der Waals surface area contributed by atoms with Gasteiger partial charge < -0.3 is 19.4 Å². The van der Waals surface area contributed by atoms with Crippen LogP contribution in [0.1, 0.15) is 35.4 Å². The van der Waals surface area contributed by atoms with Crippen molar-refractivity contribution in [1.29, 1.82) is 0 Å². The molecule has 0 radical (unpaired) electrons. The molecular formula is C22H26N2O5. The molecule has 1 saturated heterocycles. The van der Waals surface area contributed by atoms with Crippen molar-refractivity contribution in [3.8, 4) is 0 Å². The van der Waals surface area contributed by atoms with Crippen LogP contribution in [-0.4, -0.2) is 48.9 Å². The van der Waals surface area contributed by atoms with Crippen molar-refractivity contribution >= 4 is 17.8 Å². The zero-order valence-electron chi connectivity index (χ0n) is 16.3. The molecule has 1 aromatic carbocycles. The van der Waals surface area contributed by atoms with Gasteiger partial charge in [0.2, 0.25) is 0 Å². The summed E-state index contributed by atoms with van der Waals surface area (Å²) in [5.74, 6) is -0.834. The zero-order valence-corrected chi connectivity index (χ0v) is 16.3. The fourth-order valence-electron chi connectivity index (χ4n) is 3.34. The number of rotatable bonds is 8. The van der Waals surface area contributed by atoms with Crippen molar-refractivity contribution in [3.63, 3.8) is 0 Å². The first-order valence-corrected chi connectivity index (χ1v) is 9.93. The number of esters is 1. The monoisotopic (exact) mass is 398 g/mol. The van der Waals surface area contributed by atoms with Crippen LogP contribution in [0.5, 0.6) is 0 Å². The number of aryl methyl sites for hydroxylation is 1. The van der Waals surface area contributed by atoms with Crippen molar-refractivity contribution in [1.82, 2.24) is 10.2 Å². The number of furan rings is 1. The number of likely N-dealkylation sites (tertiary alicyclic amines) is 1. The van der Waals surface area contributed by atoms with Gasteiger partial charge in [-0.25, -0.2) is 0 Å². The minimum Gasteiger partial charge on any atom is -0.459 e. The molecule has 1 aliphatic heterocycles. The van der Waals surface area contributed by atoms with Gasteiger partial charge in [-0.1, -0.05) is 30.3 Å². The molecule has 0 atom stereocenters. The lowest BCUT2D eigenvalue weighted by Crippen LogP contribution is -2.41. The number of carbonyl (C=O) groups is 3. The molecule has 1 aliphatic rings. The number of amides is 2. The largest absolute Gasteiger partial charge is 0.459 e. The summed E-state index contributed by atoms with van der Waals surface area (Å²) in [6.07, 6.45) is 4.21. The maximum atomic E-state index is 12.2. The Morgan fingerprint density at radius 1 is 1.07 bits per heavy atom. The third-order valence-corrected chi connectivity index (χ3v) is 5.00. The van der Waals surface area contributed by atoms with Crippen molar-refractivity contribution in [3.05, 3.63) is 60.1 Å². The van der Waals surface area contributed by atoms with Gasteiger partial charge >= 0.3 is 5.97 Å². The Labute approximate surface area is 170 Å². The Bertz CT molecular complexity index is 796. The Morgan fingerprint density at radius 2 is 1.83 bits per heavy atom. The first-order valence-electron chi connectivity index (χ1n) is 9.93. The molecule has 0 bridgehead atoms. The van der Waals surface area contributed by atoms with Gasteiger partial charge in [-0.15, -0.1) is 0 Å². The molecule has 1 aromatic heterocycles. The average molecular weight is 398 g/mol. The number of piperidine rings is 1. The van der Waals surface area contributed by atoms with E-state index in [0.717, 1.165) is 12.8 Å². The molecule has 154 valence electrons. The lowest BCUT2D eigenvalue weighted by molar-refractivity contribution is -0.153. The summed E-state index contributed by atoms with van der Waals surface area (Å²) in [5.41, 5.74) is 1.23. The van der Waals surface area contributed by atoms with Crippen LogP contribution in [0.15, 0.2) is 53.1 Å². The van der Waals surface area contributed by atoms with Gasteiger partial charge in [-0.05, 0) is 43.4 Å². The van der Waals surface area contributed by atoms with Gasteiger partial charge in [-0.2, -0.15) is 0 Å². The molecular weight excluding hydrogens is 372 g/mol. The number of ether oxygens (including phenoxy) is 1. The Hall–Kier alpha value is -3.09. The number of hydrogen-bond donors (Lipinski definition) is 1. The van der Waals surface area contributed by atoms with E-state index in [9.17, 15) is 14.4 Å². The van der Waals surface area contributed by atoms with Crippen LogP contribution < -0.4 is 5.32 Å². The molecule has 0 saturated carbocycles. The number of nitrogens with zero attached hydrogens (tertiary/aromatic N) is 1. The summed E-state index contributed by atoms with van der Waals surface area (Å²) < 4.78 is 10.3. The van der Waals surface area contributed by atoms with E-state index in [2.05, 4.69) is 17.4 Å². The molecule has 2 amide bonds. The highest BCUT2D eigenvalue weighted by Crippen LogP contribution is 2.20. The topological polar surface area (TPSA) is 88.9 Å². The highest BCUT2D eigenvalue weighted by Gasteiger charge is 2.29. The Kier molecular flexibility index (Phi) is 7.44. The fourth-order valence-corrected chi connectivity index (χ4v) is 3.34. The molecule has 0 spiro atoms. The molecule has 1 N–H and O–H groups in total. The maximum Gasteiger partial charge on any atom is 0.309 e. The van der Waals surface area contributed by atoms with Crippen LogP contribution in [0.2, 0.25) is 0 Å². The third kappa shape index (κ3) is 6.20. The fraction of sp³-hybridized carbons (Fsp3) is 0.409. The summed E-state index contributed by atoms with van der Waals surface area (Å²) >= 11 is 0. The van der Waals surface area contributed by atoms with E-state index in [1.54, 1.807) is 17.0 Å². The van der Waals surface area contributed by atoms with Gasteiger partial charge in [0.05, 0.1) is 12.2 Å². The lowest BCUT2D eigenvalue weighted by Gasteiger charge is -2.30. The first kappa shape index (κ1) is 20.6. The van der Waals surface area contributed by atoms with Crippen molar-refractivity contribution in [2.24, 2.45) is 5.92 Å². The molecule has 2 heterocycles. The highest BCUT2D eigenvalue weighted by atomic mass is 16.5. The molecule has 0 aliphatic carbocycles. The summed E-state index contributed by atoms with van der Waals surface area (Å²) in [6.45, 7) is 1.20. The van der Waals surface area contributed by atoms with Gasteiger partial charge in [0.1, 0.15) is 0 Å². The number of carbonyl (C=O) groups excluding carboxylic acids is 3. The van der Waals surface area contributed by atoms with E-state index in [-0.39, 0.29) is 30.3 Å². The number of nitrogens with one attached hydrogen (secondary N) is 1. The van der Waals surface area contributed by atoms with E-state index in [1.165, 1.54) is 11.8 Å². The molecule has 29 heavy (non-hydrogen) atoms. The van der Waals surface area contributed by atoms with Crippen molar-refractivity contribution in [2.45, 2.75) is 25.7 Å². The molecule has 1 fully saturated rings. The molecule has 3 rings (SSSR count). The van der Waals surface area contributed by atoms with E-state index in [1.807, 2.05) is 18.2 Å². The average Bonchev–Trinajstić information content (AvgIpc) is 3.30. The van der Waals surface area contributed by atoms with Gasteiger partial charge in [0.25, 0.3) is 11.8 Å². The molecule has 0 unspecified atom stereocenters. The van der Waals surface area contributed by atoms with Crippen molar-refractivity contribution < 1.29 is 23.5 Å². The van der Waals surface area contributed by atoms with Gasteiger partial charge in [-0.3, -0.25) is 14.4 Å². The summed E-state index contributed by atoms with van der Waals surface area (Å²) in [4.78, 5) is 38.0. The van der Waals surface area contributed by atoms with Crippen molar-refractivity contribution in [2.75, 3.05) is 26.2 Å². The second-order valence-corrected chi connectivity index (χ2v) is 7.09. The zero-order chi connectivity index (χ0) is 20.5. The molecule has 7 heteroatoms. The predicted octanol–water partition coefficient (Wildman–Crippen LogP) is 2.42. The highest BCUT2D eigenvalue weighted by molar-refractivity contribution is 5.91. The normalized spacial score (nSPS) is 14.4. The van der Waals surface area contributed by atoms with Crippen LogP contribution in [0.3, 0.4) is 0 Å². The van der Waals surface area contributed by atoms with E-state index < -0.39 is 0 Å². The summed E-state index contributed by atoms with van der Waals surface area (Å²) in [5, 5.41) is 2.77. The van der Waals surface area contributed by atoms with E-state index >= 15 is 0 Å². The smallest absolute Gasteiger partial charge is 0.309 e. The van der Waals surface area contributed by atoms with Crippen LogP contribution in [0, 0.1) is 5.92 Å². The minimum absolute atomic E-state index is 0.170.